The molecule has 156 valence electrons. The maximum Gasteiger partial charge on any atom is 0.234 e. The van der Waals surface area contributed by atoms with E-state index < -0.39 is 0 Å². The molecule has 0 aliphatic heterocycles. The minimum Gasteiger partial charge on any atom is -0.325 e. The van der Waals surface area contributed by atoms with Gasteiger partial charge in [0.05, 0.1) is 10.8 Å². The summed E-state index contributed by atoms with van der Waals surface area (Å²) in [6.07, 6.45) is 0. The van der Waals surface area contributed by atoms with E-state index in [1.807, 2.05) is 60.0 Å². The molecule has 0 atom stereocenters. The first-order valence-corrected chi connectivity index (χ1v) is 11.2. The number of nitrogens with one attached hydrogen (secondary N) is 1. The molecule has 0 unspecified atom stereocenters. The number of halogens is 2. The van der Waals surface area contributed by atoms with Crippen LogP contribution in [0.3, 0.4) is 0 Å². The Morgan fingerprint density at radius 1 is 0.968 bits per heavy atom. The average molecular weight is 469 g/mol. The van der Waals surface area contributed by atoms with E-state index in [1.54, 1.807) is 24.3 Å². The topological polar surface area (TPSA) is 59.8 Å². The first kappa shape index (κ1) is 21.4. The molecule has 1 heterocycles. The molecule has 0 saturated carbocycles. The molecule has 0 fully saturated rings. The molecule has 0 bridgehead atoms. The van der Waals surface area contributed by atoms with Crippen molar-refractivity contribution in [2.24, 2.45) is 0 Å². The lowest BCUT2D eigenvalue weighted by Gasteiger charge is -2.11. The number of aryl methyl sites for hydroxylation is 1. The predicted molar refractivity (Wildman–Crippen MR) is 127 cm³/mol. The molecule has 0 aliphatic carbocycles. The third kappa shape index (κ3) is 5.10. The highest BCUT2D eigenvalue weighted by molar-refractivity contribution is 7.99. The molecule has 0 radical (unpaired) electrons. The second-order valence-corrected chi connectivity index (χ2v) is 8.59. The number of hydrogen-bond acceptors (Lipinski definition) is 4. The van der Waals surface area contributed by atoms with Gasteiger partial charge in [-0.2, -0.15) is 0 Å². The van der Waals surface area contributed by atoms with Crippen LogP contribution in [-0.4, -0.2) is 26.4 Å². The normalized spacial score (nSPS) is 10.8. The summed E-state index contributed by atoms with van der Waals surface area (Å²) in [5.41, 5.74) is 3.50. The van der Waals surface area contributed by atoms with Crippen molar-refractivity contribution in [3.8, 4) is 17.1 Å². The molecule has 3 aromatic carbocycles. The molecule has 4 rings (SSSR count). The van der Waals surface area contributed by atoms with Gasteiger partial charge in [-0.25, -0.2) is 0 Å². The molecule has 1 amide bonds. The minimum atomic E-state index is -0.148. The summed E-state index contributed by atoms with van der Waals surface area (Å²) >= 11 is 13.6. The number of rotatable bonds is 6. The fraction of sp³-hybridized carbons (Fsp3) is 0.0870. The van der Waals surface area contributed by atoms with E-state index >= 15 is 0 Å². The quantitative estimate of drug-likeness (QED) is 0.338. The van der Waals surface area contributed by atoms with Gasteiger partial charge in [0.1, 0.15) is 0 Å². The van der Waals surface area contributed by atoms with Crippen LogP contribution >= 0.6 is 35.0 Å². The lowest BCUT2D eigenvalue weighted by Crippen LogP contribution is -2.14. The molecule has 31 heavy (non-hydrogen) atoms. The lowest BCUT2D eigenvalue weighted by atomic mass is 10.2. The zero-order valence-corrected chi connectivity index (χ0v) is 18.9. The second-order valence-electron chi connectivity index (χ2n) is 6.80. The van der Waals surface area contributed by atoms with E-state index in [4.69, 9.17) is 23.2 Å². The molecule has 0 spiro atoms. The Morgan fingerprint density at radius 2 is 1.68 bits per heavy atom. The predicted octanol–water partition coefficient (Wildman–Crippen LogP) is 6.28. The van der Waals surface area contributed by atoms with Crippen LogP contribution in [0, 0.1) is 6.92 Å². The van der Waals surface area contributed by atoms with Crippen molar-refractivity contribution in [1.29, 1.82) is 0 Å². The fourth-order valence-electron chi connectivity index (χ4n) is 2.97. The first-order valence-electron chi connectivity index (χ1n) is 9.47. The Hall–Kier alpha value is -2.80. The third-order valence-corrected chi connectivity index (χ3v) is 6.01. The number of anilines is 1. The Labute approximate surface area is 194 Å². The number of thioether (sulfide) groups is 1. The van der Waals surface area contributed by atoms with E-state index in [1.165, 1.54) is 11.8 Å². The summed E-state index contributed by atoms with van der Waals surface area (Å²) in [6.45, 7) is 2.03. The first-order chi connectivity index (χ1) is 15.0. The lowest BCUT2D eigenvalue weighted by molar-refractivity contribution is -0.113. The zero-order valence-electron chi connectivity index (χ0n) is 16.5. The van der Waals surface area contributed by atoms with Gasteiger partial charge in [-0.3, -0.25) is 9.36 Å². The molecule has 0 saturated heterocycles. The minimum absolute atomic E-state index is 0.148. The number of nitrogens with zero attached hydrogens (tertiary/aromatic N) is 3. The van der Waals surface area contributed by atoms with Crippen molar-refractivity contribution < 1.29 is 4.79 Å². The van der Waals surface area contributed by atoms with E-state index in [-0.39, 0.29) is 11.7 Å². The van der Waals surface area contributed by atoms with Crippen molar-refractivity contribution in [3.63, 3.8) is 0 Å². The van der Waals surface area contributed by atoms with E-state index in [9.17, 15) is 4.79 Å². The molecule has 1 aromatic heterocycles. The monoisotopic (exact) mass is 468 g/mol. The number of carbonyl (C=O) groups is 1. The highest BCUT2D eigenvalue weighted by atomic mass is 35.5. The van der Waals surface area contributed by atoms with Crippen LogP contribution in [0.25, 0.3) is 17.1 Å². The van der Waals surface area contributed by atoms with Gasteiger partial charge in [0.15, 0.2) is 11.0 Å². The Kier molecular flexibility index (Phi) is 6.61. The molecule has 1 N–H and O–H groups in total. The summed E-state index contributed by atoms with van der Waals surface area (Å²) in [4.78, 5) is 12.5. The molecule has 4 aromatic rings. The molecular weight excluding hydrogens is 451 g/mol. The van der Waals surface area contributed by atoms with Crippen molar-refractivity contribution in [2.45, 2.75) is 12.1 Å². The van der Waals surface area contributed by atoms with Crippen LogP contribution < -0.4 is 5.32 Å². The van der Waals surface area contributed by atoms with Gasteiger partial charge in [0.25, 0.3) is 0 Å². The number of benzene rings is 3. The standard InChI is InChI=1S/C23H18Cl2N4OS/c1-15-6-12-18(13-7-15)29-22(19-4-2-3-5-20(19)25)27-28-23(29)31-14-21(30)26-17-10-8-16(24)9-11-17/h2-13H,14H2,1H3,(H,26,30). The van der Waals surface area contributed by atoms with Crippen molar-refractivity contribution >= 4 is 46.6 Å². The van der Waals surface area contributed by atoms with Gasteiger partial charge in [0, 0.05) is 22.0 Å². The highest BCUT2D eigenvalue weighted by Crippen LogP contribution is 2.32. The van der Waals surface area contributed by atoms with E-state index in [0.717, 1.165) is 16.8 Å². The maximum absolute atomic E-state index is 12.5. The second kappa shape index (κ2) is 9.56. The van der Waals surface area contributed by atoms with Crippen molar-refractivity contribution in [3.05, 3.63) is 88.4 Å². The van der Waals surface area contributed by atoms with Gasteiger partial charge in [-0.05, 0) is 55.5 Å². The molecular formula is C23H18Cl2N4OS. The van der Waals surface area contributed by atoms with E-state index in [2.05, 4.69) is 15.5 Å². The van der Waals surface area contributed by atoms with Gasteiger partial charge in [0.2, 0.25) is 5.91 Å². The van der Waals surface area contributed by atoms with Crippen LogP contribution in [0.1, 0.15) is 5.56 Å². The molecule has 8 heteroatoms. The Balaban J connectivity index is 1.61. The largest absolute Gasteiger partial charge is 0.325 e. The third-order valence-electron chi connectivity index (χ3n) is 4.50. The summed E-state index contributed by atoms with van der Waals surface area (Å²) in [5.74, 6) is 0.648. The van der Waals surface area contributed by atoms with Crippen molar-refractivity contribution in [1.82, 2.24) is 14.8 Å². The van der Waals surface area contributed by atoms with Crippen LogP contribution in [-0.2, 0) is 4.79 Å². The Bertz CT molecular complexity index is 1210. The van der Waals surface area contributed by atoms with Gasteiger partial charge in [-0.1, -0.05) is 64.8 Å². The zero-order chi connectivity index (χ0) is 21.8. The molecule has 0 aliphatic rings. The fourth-order valence-corrected chi connectivity index (χ4v) is 4.07. The van der Waals surface area contributed by atoms with Gasteiger partial charge in [-0.15, -0.1) is 10.2 Å². The Morgan fingerprint density at radius 3 is 2.39 bits per heavy atom. The van der Waals surface area contributed by atoms with E-state index in [0.29, 0.717) is 26.7 Å². The van der Waals surface area contributed by atoms with Gasteiger partial charge >= 0.3 is 0 Å². The number of amides is 1. The van der Waals surface area contributed by atoms with Crippen molar-refractivity contribution in [2.75, 3.05) is 11.1 Å². The SMILES string of the molecule is Cc1ccc(-n2c(SCC(=O)Nc3ccc(Cl)cc3)nnc2-c2ccccc2Cl)cc1. The summed E-state index contributed by atoms with van der Waals surface area (Å²) < 4.78 is 1.92. The van der Waals surface area contributed by atoms with Crippen LogP contribution in [0.2, 0.25) is 10.0 Å². The molecule has 5 nitrogen and oxygen atoms in total. The number of aromatic nitrogens is 3. The smallest absolute Gasteiger partial charge is 0.234 e. The summed E-state index contributed by atoms with van der Waals surface area (Å²) in [6, 6.07) is 22.5. The summed E-state index contributed by atoms with van der Waals surface area (Å²) in [7, 11) is 0. The number of hydrogen-bond donors (Lipinski definition) is 1. The van der Waals surface area contributed by atoms with Crippen LogP contribution in [0.15, 0.2) is 78.0 Å². The maximum atomic E-state index is 12.5. The summed E-state index contributed by atoms with van der Waals surface area (Å²) in [5, 5.41) is 13.4. The van der Waals surface area contributed by atoms with Crippen LogP contribution in [0.5, 0.6) is 0 Å². The highest BCUT2D eigenvalue weighted by Gasteiger charge is 2.19. The average Bonchev–Trinajstić information content (AvgIpc) is 3.18. The van der Waals surface area contributed by atoms with Crippen LogP contribution in [0.4, 0.5) is 5.69 Å². The van der Waals surface area contributed by atoms with Gasteiger partial charge < -0.3 is 5.32 Å². The number of carbonyl (C=O) groups excluding carboxylic acids is 1.